The number of benzene rings is 2. The fourth-order valence-corrected chi connectivity index (χ4v) is 2.25. The van der Waals surface area contributed by atoms with Crippen LogP contribution in [0.1, 0.15) is 20.9 Å². The van der Waals surface area contributed by atoms with Crippen LogP contribution in [0.4, 0.5) is 14.5 Å². The van der Waals surface area contributed by atoms with E-state index in [0.717, 1.165) is 12.1 Å². The third kappa shape index (κ3) is 3.40. The number of carbonyl (C=O) groups excluding carboxylic acids is 2. The lowest BCUT2D eigenvalue weighted by Gasteiger charge is -2.05. The molecule has 7 heteroatoms. The molecular weight excluding hydrogens is 330 g/mol. The summed E-state index contributed by atoms with van der Waals surface area (Å²) in [4.78, 5) is 23.3. The van der Waals surface area contributed by atoms with Crippen molar-refractivity contribution >= 4 is 17.5 Å². The van der Waals surface area contributed by atoms with E-state index < -0.39 is 23.4 Å². The number of rotatable bonds is 4. The zero-order valence-electron chi connectivity index (χ0n) is 12.8. The monoisotopic (exact) mass is 342 g/mol. The van der Waals surface area contributed by atoms with Gasteiger partial charge in [-0.2, -0.15) is 0 Å². The Hall–Kier alpha value is -3.48. The van der Waals surface area contributed by atoms with Gasteiger partial charge in [-0.25, -0.2) is 8.78 Å². The van der Waals surface area contributed by atoms with Gasteiger partial charge in [0.2, 0.25) is 0 Å². The normalized spacial score (nSPS) is 10.5. The van der Waals surface area contributed by atoms with E-state index in [2.05, 4.69) is 5.32 Å². The van der Waals surface area contributed by atoms with Crippen LogP contribution in [-0.4, -0.2) is 11.8 Å². The topological polar surface area (TPSA) is 85.3 Å². The predicted octanol–water partition coefficient (Wildman–Crippen LogP) is 3.58. The number of halogens is 2. The number of amides is 2. The van der Waals surface area contributed by atoms with Crippen LogP contribution < -0.4 is 11.1 Å². The highest BCUT2D eigenvalue weighted by Gasteiger charge is 2.16. The van der Waals surface area contributed by atoms with Gasteiger partial charge in [0.05, 0.1) is 11.1 Å². The molecule has 0 saturated heterocycles. The molecule has 0 unspecified atom stereocenters. The fourth-order valence-electron chi connectivity index (χ4n) is 2.25. The van der Waals surface area contributed by atoms with Gasteiger partial charge in [0.25, 0.3) is 11.8 Å². The molecule has 0 aliphatic rings. The largest absolute Gasteiger partial charge is 0.451 e. The molecule has 0 spiro atoms. The standard InChI is InChI=1S/C18H12F2N2O3/c19-13-4-2-1-3-11(13)15-7-8-16(25-15)18(24)22-10-5-6-14(20)12(9-10)17(21)23/h1-9H,(H2,21,23)(H,22,24). The maximum absolute atomic E-state index is 13.8. The summed E-state index contributed by atoms with van der Waals surface area (Å²) in [5.41, 5.74) is 5.11. The molecule has 0 atom stereocenters. The van der Waals surface area contributed by atoms with Crippen LogP contribution in [-0.2, 0) is 0 Å². The average Bonchev–Trinajstić information content (AvgIpc) is 3.06. The summed E-state index contributed by atoms with van der Waals surface area (Å²) in [6, 6.07) is 12.3. The number of primary amides is 1. The van der Waals surface area contributed by atoms with E-state index in [4.69, 9.17) is 10.2 Å². The molecule has 126 valence electrons. The fraction of sp³-hybridized carbons (Fsp3) is 0. The van der Waals surface area contributed by atoms with Gasteiger partial charge >= 0.3 is 0 Å². The first-order valence-corrected chi connectivity index (χ1v) is 7.21. The summed E-state index contributed by atoms with van der Waals surface area (Å²) in [7, 11) is 0. The van der Waals surface area contributed by atoms with Crippen molar-refractivity contribution in [3.05, 3.63) is 77.6 Å². The number of anilines is 1. The molecule has 25 heavy (non-hydrogen) atoms. The highest BCUT2D eigenvalue weighted by Crippen LogP contribution is 2.25. The van der Waals surface area contributed by atoms with Crippen LogP contribution in [0.5, 0.6) is 0 Å². The number of nitrogens with two attached hydrogens (primary N) is 1. The van der Waals surface area contributed by atoms with Crippen molar-refractivity contribution < 1.29 is 22.8 Å². The van der Waals surface area contributed by atoms with Crippen LogP contribution in [0.15, 0.2) is 59.0 Å². The molecule has 3 N–H and O–H groups in total. The minimum absolute atomic E-state index is 0.0665. The van der Waals surface area contributed by atoms with Crippen molar-refractivity contribution in [3.63, 3.8) is 0 Å². The Morgan fingerprint density at radius 2 is 1.72 bits per heavy atom. The van der Waals surface area contributed by atoms with Gasteiger partial charge in [0.1, 0.15) is 17.4 Å². The molecular formula is C18H12F2N2O3. The van der Waals surface area contributed by atoms with E-state index in [0.29, 0.717) is 0 Å². The number of furan rings is 1. The molecule has 5 nitrogen and oxygen atoms in total. The summed E-state index contributed by atoms with van der Waals surface area (Å²) in [6.45, 7) is 0. The van der Waals surface area contributed by atoms with Crippen molar-refractivity contribution in [1.82, 2.24) is 0 Å². The minimum Gasteiger partial charge on any atom is -0.451 e. The second-order valence-corrected chi connectivity index (χ2v) is 5.16. The van der Waals surface area contributed by atoms with Crippen molar-refractivity contribution in [1.29, 1.82) is 0 Å². The first kappa shape index (κ1) is 16.4. The Kier molecular flexibility index (Phi) is 4.30. The highest BCUT2D eigenvalue weighted by molar-refractivity contribution is 6.03. The van der Waals surface area contributed by atoms with Crippen LogP contribution in [0, 0.1) is 11.6 Å². The van der Waals surface area contributed by atoms with E-state index in [1.165, 1.54) is 30.3 Å². The van der Waals surface area contributed by atoms with Gasteiger partial charge in [0.15, 0.2) is 5.76 Å². The Morgan fingerprint density at radius 3 is 2.44 bits per heavy atom. The molecule has 2 amide bonds. The Labute approximate surface area is 141 Å². The lowest BCUT2D eigenvalue weighted by atomic mass is 10.1. The van der Waals surface area contributed by atoms with Crippen molar-refractivity contribution in [2.75, 3.05) is 5.32 Å². The molecule has 0 bridgehead atoms. The summed E-state index contributed by atoms with van der Waals surface area (Å²) < 4.78 is 32.6. The molecule has 0 aliphatic heterocycles. The third-order valence-corrected chi connectivity index (χ3v) is 3.46. The van der Waals surface area contributed by atoms with E-state index in [1.807, 2.05) is 0 Å². The summed E-state index contributed by atoms with van der Waals surface area (Å²) in [5, 5.41) is 2.46. The van der Waals surface area contributed by atoms with Crippen molar-refractivity contribution in [2.24, 2.45) is 5.73 Å². The van der Waals surface area contributed by atoms with Crippen LogP contribution in [0.2, 0.25) is 0 Å². The maximum Gasteiger partial charge on any atom is 0.291 e. The molecule has 0 fully saturated rings. The Bertz CT molecular complexity index is 966. The number of hydrogen-bond acceptors (Lipinski definition) is 3. The van der Waals surface area contributed by atoms with Gasteiger partial charge in [-0.15, -0.1) is 0 Å². The third-order valence-electron chi connectivity index (χ3n) is 3.46. The van der Waals surface area contributed by atoms with Gasteiger partial charge in [-0.3, -0.25) is 9.59 Å². The number of hydrogen-bond donors (Lipinski definition) is 2. The number of nitrogens with one attached hydrogen (secondary N) is 1. The second-order valence-electron chi connectivity index (χ2n) is 5.16. The lowest BCUT2D eigenvalue weighted by molar-refractivity contribution is 0.0986. The van der Waals surface area contributed by atoms with Crippen LogP contribution in [0.25, 0.3) is 11.3 Å². The van der Waals surface area contributed by atoms with E-state index >= 15 is 0 Å². The molecule has 1 heterocycles. The van der Waals surface area contributed by atoms with Gasteiger partial charge < -0.3 is 15.5 Å². The molecule has 1 aromatic heterocycles. The van der Waals surface area contributed by atoms with Crippen LogP contribution in [0.3, 0.4) is 0 Å². The zero-order valence-corrected chi connectivity index (χ0v) is 12.8. The SMILES string of the molecule is NC(=O)c1cc(NC(=O)c2ccc(-c3ccccc3F)o2)ccc1F. The van der Waals surface area contributed by atoms with Gasteiger partial charge in [-0.1, -0.05) is 12.1 Å². The van der Waals surface area contributed by atoms with E-state index in [9.17, 15) is 18.4 Å². The lowest BCUT2D eigenvalue weighted by Crippen LogP contribution is -2.15. The van der Waals surface area contributed by atoms with Crippen molar-refractivity contribution in [3.8, 4) is 11.3 Å². The molecule has 3 rings (SSSR count). The molecule has 0 aliphatic carbocycles. The maximum atomic E-state index is 13.8. The minimum atomic E-state index is -0.951. The molecule has 0 radical (unpaired) electrons. The Balaban J connectivity index is 1.82. The summed E-state index contributed by atoms with van der Waals surface area (Å²) in [6.07, 6.45) is 0. The van der Waals surface area contributed by atoms with Crippen molar-refractivity contribution in [2.45, 2.75) is 0 Å². The Morgan fingerprint density at radius 1 is 0.960 bits per heavy atom. The second kappa shape index (κ2) is 6.56. The summed E-state index contributed by atoms with van der Waals surface area (Å²) >= 11 is 0. The van der Waals surface area contributed by atoms with Crippen LogP contribution >= 0.6 is 0 Å². The highest BCUT2D eigenvalue weighted by atomic mass is 19.1. The number of carbonyl (C=O) groups is 2. The first-order chi connectivity index (χ1) is 12.0. The zero-order chi connectivity index (χ0) is 18.0. The molecule has 3 aromatic rings. The molecule has 2 aromatic carbocycles. The summed E-state index contributed by atoms with van der Waals surface area (Å²) in [5.74, 6) is -2.72. The van der Waals surface area contributed by atoms with E-state index in [-0.39, 0.29) is 28.3 Å². The smallest absolute Gasteiger partial charge is 0.291 e. The van der Waals surface area contributed by atoms with Gasteiger partial charge in [0, 0.05) is 5.69 Å². The predicted molar refractivity (Wildman–Crippen MR) is 87.0 cm³/mol. The first-order valence-electron chi connectivity index (χ1n) is 7.21. The average molecular weight is 342 g/mol. The quantitative estimate of drug-likeness (QED) is 0.760. The van der Waals surface area contributed by atoms with Gasteiger partial charge in [-0.05, 0) is 42.5 Å². The molecule has 0 saturated carbocycles. The van der Waals surface area contributed by atoms with E-state index in [1.54, 1.807) is 12.1 Å².